The Morgan fingerprint density at radius 3 is 2.12 bits per heavy atom. The number of rotatable bonds is 8. The molecule has 138 valence electrons. The van der Waals surface area contributed by atoms with Gasteiger partial charge >= 0.3 is 5.97 Å². The molecule has 1 N–H and O–H groups in total. The van der Waals surface area contributed by atoms with E-state index in [1.807, 2.05) is 74.5 Å². The second kappa shape index (κ2) is 10.0. The van der Waals surface area contributed by atoms with Crippen molar-refractivity contribution in [2.24, 2.45) is 5.92 Å². The average molecular weight is 372 g/mol. The summed E-state index contributed by atoms with van der Waals surface area (Å²) >= 11 is 1.47. The van der Waals surface area contributed by atoms with Gasteiger partial charge in [0.2, 0.25) is 5.91 Å². The van der Waals surface area contributed by atoms with Crippen molar-refractivity contribution in [1.29, 1.82) is 0 Å². The van der Waals surface area contributed by atoms with Gasteiger partial charge in [-0.3, -0.25) is 4.79 Å². The highest BCUT2D eigenvalue weighted by molar-refractivity contribution is 8.00. The molecule has 0 saturated carbocycles. The largest absolute Gasteiger partial charge is 0.467 e. The SMILES string of the molecule is COC(=O)[C@@H](CC(C)C)NC(=O)[C@@H](Sc1ccccc1)c1ccccc1. The van der Waals surface area contributed by atoms with Crippen LogP contribution in [0.4, 0.5) is 0 Å². The zero-order chi connectivity index (χ0) is 18.9. The van der Waals surface area contributed by atoms with Crippen LogP contribution >= 0.6 is 11.8 Å². The number of benzene rings is 2. The third-order valence-electron chi connectivity index (χ3n) is 3.85. The number of carbonyl (C=O) groups excluding carboxylic acids is 2. The Morgan fingerprint density at radius 2 is 1.58 bits per heavy atom. The Kier molecular flexibility index (Phi) is 7.73. The highest BCUT2D eigenvalue weighted by atomic mass is 32.2. The number of amides is 1. The second-order valence-electron chi connectivity index (χ2n) is 6.44. The van der Waals surface area contributed by atoms with Crippen molar-refractivity contribution in [2.45, 2.75) is 36.5 Å². The van der Waals surface area contributed by atoms with Crippen molar-refractivity contribution in [2.75, 3.05) is 7.11 Å². The quantitative estimate of drug-likeness (QED) is 0.557. The van der Waals surface area contributed by atoms with E-state index < -0.39 is 17.3 Å². The van der Waals surface area contributed by atoms with Gasteiger partial charge in [0.15, 0.2) is 0 Å². The molecule has 0 aliphatic carbocycles. The first-order valence-electron chi connectivity index (χ1n) is 8.66. The van der Waals surface area contributed by atoms with Gasteiger partial charge in [-0.2, -0.15) is 0 Å². The lowest BCUT2D eigenvalue weighted by Gasteiger charge is -2.22. The molecule has 0 aliphatic rings. The summed E-state index contributed by atoms with van der Waals surface area (Å²) in [7, 11) is 1.34. The molecule has 26 heavy (non-hydrogen) atoms. The molecule has 0 fully saturated rings. The van der Waals surface area contributed by atoms with Crippen LogP contribution in [0.1, 0.15) is 31.1 Å². The van der Waals surface area contributed by atoms with Crippen LogP contribution in [-0.4, -0.2) is 25.0 Å². The van der Waals surface area contributed by atoms with Crippen LogP contribution in [0.5, 0.6) is 0 Å². The van der Waals surface area contributed by atoms with E-state index in [0.29, 0.717) is 6.42 Å². The summed E-state index contributed by atoms with van der Waals surface area (Å²) in [5, 5.41) is 2.44. The van der Waals surface area contributed by atoms with Gasteiger partial charge < -0.3 is 10.1 Å². The van der Waals surface area contributed by atoms with Crippen LogP contribution in [0, 0.1) is 5.92 Å². The third-order valence-corrected chi connectivity index (χ3v) is 5.11. The number of carbonyl (C=O) groups is 2. The predicted molar refractivity (Wildman–Crippen MR) is 105 cm³/mol. The maximum absolute atomic E-state index is 13.0. The molecule has 2 rings (SSSR count). The Morgan fingerprint density at radius 1 is 1.00 bits per heavy atom. The van der Waals surface area contributed by atoms with E-state index in [-0.39, 0.29) is 11.8 Å². The van der Waals surface area contributed by atoms with Crippen molar-refractivity contribution < 1.29 is 14.3 Å². The van der Waals surface area contributed by atoms with Crippen LogP contribution in [0.25, 0.3) is 0 Å². The number of hydrogen-bond acceptors (Lipinski definition) is 4. The van der Waals surface area contributed by atoms with Crippen LogP contribution in [-0.2, 0) is 14.3 Å². The van der Waals surface area contributed by atoms with Gasteiger partial charge in [-0.15, -0.1) is 11.8 Å². The number of thioether (sulfide) groups is 1. The third kappa shape index (κ3) is 5.92. The first-order chi connectivity index (χ1) is 12.5. The van der Waals surface area contributed by atoms with Crippen LogP contribution in [0.2, 0.25) is 0 Å². The predicted octanol–water partition coefficient (Wildman–Crippen LogP) is 4.22. The van der Waals surface area contributed by atoms with Crippen molar-refractivity contribution in [3.8, 4) is 0 Å². The monoisotopic (exact) mass is 371 g/mol. The molecule has 0 spiro atoms. The van der Waals surface area contributed by atoms with Crippen molar-refractivity contribution >= 4 is 23.6 Å². The Bertz CT molecular complexity index is 704. The molecule has 0 aromatic heterocycles. The number of esters is 1. The van der Waals surface area contributed by atoms with E-state index in [9.17, 15) is 9.59 Å². The molecule has 2 atom stereocenters. The smallest absolute Gasteiger partial charge is 0.328 e. The van der Waals surface area contributed by atoms with E-state index >= 15 is 0 Å². The summed E-state index contributed by atoms with van der Waals surface area (Å²) < 4.78 is 4.86. The van der Waals surface area contributed by atoms with Gasteiger partial charge in [0.1, 0.15) is 11.3 Å². The van der Waals surface area contributed by atoms with Gasteiger partial charge in [0.05, 0.1) is 7.11 Å². The van der Waals surface area contributed by atoms with Crippen LogP contribution in [0.15, 0.2) is 65.6 Å². The molecule has 5 heteroatoms. The molecule has 2 aromatic carbocycles. The summed E-state index contributed by atoms with van der Waals surface area (Å²) in [5.41, 5.74) is 0.895. The number of nitrogens with one attached hydrogen (secondary N) is 1. The number of methoxy groups -OCH3 is 1. The van der Waals surface area contributed by atoms with E-state index in [0.717, 1.165) is 10.5 Å². The lowest BCUT2D eigenvalue weighted by Crippen LogP contribution is -2.44. The van der Waals surface area contributed by atoms with Gasteiger partial charge in [0.25, 0.3) is 0 Å². The minimum Gasteiger partial charge on any atom is -0.467 e. The van der Waals surface area contributed by atoms with Crippen LogP contribution < -0.4 is 5.32 Å². The molecule has 0 saturated heterocycles. The summed E-state index contributed by atoms with van der Waals surface area (Å²) in [6.07, 6.45) is 0.538. The fourth-order valence-electron chi connectivity index (χ4n) is 2.61. The minimum atomic E-state index is -0.643. The lowest BCUT2D eigenvalue weighted by molar-refractivity contribution is -0.145. The minimum absolute atomic E-state index is 0.193. The normalized spacial score (nSPS) is 13.1. The molecule has 0 heterocycles. The van der Waals surface area contributed by atoms with Gasteiger partial charge in [0, 0.05) is 4.90 Å². The highest BCUT2D eigenvalue weighted by Crippen LogP contribution is 2.35. The summed E-state index contributed by atoms with van der Waals surface area (Å²) in [6, 6.07) is 18.7. The molecule has 0 bridgehead atoms. The molecule has 0 unspecified atom stereocenters. The first-order valence-corrected chi connectivity index (χ1v) is 9.54. The van der Waals surface area contributed by atoms with Gasteiger partial charge in [-0.1, -0.05) is 62.4 Å². The molecule has 2 aromatic rings. The van der Waals surface area contributed by atoms with Crippen LogP contribution in [0.3, 0.4) is 0 Å². The number of ether oxygens (including phenoxy) is 1. The van der Waals surface area contributed by atoms with E-state index in [4.69, 9.17) is 4.74 Å². The standard InChI is InChI=1S/C21H25NO3S/c1-15(2)14-18(21(24)25-3)22-20(23)19(16-10-6-4-7-11-16)26-17-12-8-5-9-13-17/h4-13,15,18-19H,14H2,1-3H3,(H,22,23)/t18-,19+/m1/s1. The number of hydrogen-bond donors (Lipinski definition) is 1. The van der Waals surface area contributed by atoms with E-state index in [1.165, 1.54) is 18.9 Å². The summed E-state index contributed by atoms with van der Waals surface area (Å²) in [5.74, 6) is -0.346. The van der Waals surface area contributed by atoms with Crippen molar-refractivity contribution in [3.05, 3.63) is 66.2 Å². The Balaban J connectivity index is 2.23. The molecular weight excluding hydrogens is 346 g/mol. The fraction of sp³-hybridized carbons (Fsp3) is 0.333. The first kappa shape index (κ1) is 20.0. The maximum Gasteiger partial charge on any atom is 0.328 e. The molecule has 0 aliphatic heterocycles. The molecular formula is C21H25NO3S. The summed E-state index contributed by atoms with van der Waals surface area (Å²) in [4.78, 5) is 26.1. The Labute approximate surface area is 159 Å². The average Bonchev–Trinajstić information content (AvgIpc) is 2.66. The zero-order valence-corrected chi connectivity index (χ0v) is 16.2. The van der Waals surface area contributed by atoms with Crippen molar-refractivity contribution in [1.82, 2.24) is 5.32 Å². The van der Waals surface area contributed by atoms with Gasteiger partial charge in [-0.25, -0.2) is 4.79 Å². The topological polar surface area (TPSA) is 55.4 Å². The zero-order valence-electron chi connectivity index (χ0n) is 15.3. The maximum atomic E-state index is 13.0. The molecule has 4 nitrogen and oxygen atoms in total. The molecule has 0 radical (unpaired) electrons. The van der Waals surface area contributed by atoms with Crippen molar-refractivity contribution in [3.63, 3.8) is 0 Å². The van der Waals surface area contributed by atoms with E-state index in [2.05, 4.69) is 5.32 Å². The second-order valence-corrected chi connectivity index (χ2v) is 7.61. The fourth-order valence-corrected chi connectivity index (χ4v) is 3.67. The highest BCUT2D eigenvalue weighted by Gasteiger charge is 2.28. The van der Waals surface area contributed by atoms with Gasteiger partial charge in [-0.05, 0) is 30.0 Å². The molecule has 1 amide bonds. The van der Waals surface area contributed by atoms with E-state index in [1.54, 1.807) is 0 Å². The summed E-state index contributed by atoms with van der Waals surface area (Å²) in [6.45, 7) is 4.02. The Hall–Kier alpha value is -2.27. The lowest BCUT2D eigenvalue weighted by atomic mass is 10.0.